The topological polar surface area (TPSA) is 70.6 Å². The van der Waals surface area contributed by atoms with E-state index in [2.05, 4.69) is 12.2 Å². The summed E-state index contributed by atoms with van der Waals surface area (Å²) in [4.78, 5) is 11.2. The Morgan fingerprint density at radius 2 is 2.29 bits per heavy atom. The van der Waals surface area contributed by atoms with Crippen LogP contribution >= 0.6 is 0 Å². The molecule has 118 valence electrons. The molecule has 1 amide bonds. The summed E-state index contributed by atoms with van der Waals surface area (Å²) in [5.41, 5.74) is 3.12. The molecule has 1 aromatic carbocycles. The number of aryl methyl sites for hydroxylation is 1. The van der Waals surface area contributed by atoms with Crippen LogP contribution in [0.3, 0.4) is 0 Å². The summed E-state index contributed by atoms with van der Waals surface area (Å²) in [6, 6.07) is 2.79. The molecule has 0 unspecified atom stereocenters. The van der Waals surface area contributed by atoms with Gasteiger partial charge in [0.1, 0.15) is 5.82 Å². The molecule has 1 aromatic rings. The first-order valence-electron chi connectivity index (χ1n) is 7.09. The smallest absolute Gasteiger partial charge is 0.274 e. The molecule has 5 nitrogen and oxygen atoms in total. The van der Waals surface area contributed by atoms with E-state index in [-0.39, 0.29) is 5.56 Å². The number of amides is 1. The van der Waals surface area contributed by atoms with Gasteiger partial charge in [0.25, 0.3) is 5.91 Å². The first-order valence-corrected chi connectivity index (χ1v) is 7.09. The van der Waals surface area contributed by atoms with Gasteiger partial charge in [-0.25, -0.2) is 9.87 Å². The molecule has 2 rings (SSSR count). The Morgan fingerprint density at radius 3 is 2.86 bits per heavy atom. The lowest BCUT2D eigenvalue weighted by molar-refractivity contribution is 0.0705. The molecular formula is C15H23FN2O3. The van der Waals surface area contributed by atoms with E-state index in [4.69, 9.17) is 9.94 Å². The van der Waals surface area contributed by atoms with Gasteiger partial charge < -0.3 is 10.1 Å². The van der Waals surface area contributed by atoms with Gasteiger partial charge >= 0.3 is 0 Å². The van der Waals surface area contributed by atoms with Crippen LogP contribution in [0.5, 0.6) is 0 Å². The van der Waals surface area contributed by atoms with E-state index in [1.165, 1.54) is 5.48 Å². The van der Waals surface area contributed by atoms with Gasteiger partial charge in [0, 0.05) is 31.4 Å². The minimum Gasteiger partial charge on any atom is -0.385 e. The standard InChI is InChI=1S/C11H13FN2O2.C4H10O/c12-10-5-8(11(15)14-16)4-7-2-1-3-13-6-9(7)10;1-3-4-5-2/h4-5,13,16H,1-3,6H2,(H,14,15);3-4H2,1-2H3. The highest BCUT2D eigenvalue weighted by molar-refractivity contribution is 5.93. The third-order valence-electron chi connectivity index (χ3n) is 3.16. The first-order chi connectivity index (χ1) is 10.1. The molecule has 0 aliphatic carbocycles. The van der Waals surface area contributed by atoms with E-state index >= 15 is 0 Å². The average Bonchev–Trinajstić information content (AvgIpc) is 2.73. The van der Waals surface area contributed by atoms with Crippen LogP contribution < -0.4 is 10.8 Å². The maximum Gasteiger partial charge on any atom is 0.274 e. The van der Waals surface area contributed by atoms with E-state index in [1.54, 1.807) is 13.2 Å². The Bertz CT molecular complexity index is 464. The van der Waals surface area contributed by atoms with Crippen molar-refractivity contribution in [2.45, 2.75) is 32.7 Å². The van der Waals surface area contributed by atoms with E-state index in [1.807, 2.05) is 0 Å². The normalized spacial score (nSPS) is 13.5. The highest BCUT2D eigenvalue weighted by Crippen LogP contribution is 2.20. The van der Waals surface area contributed by atoms with Crippen molar-refractivity contribution in [3.8, 4) is 0 Å². The van der Waals surface area contributed by atoms with Crippen LogP contribution in [0.15, 0.2) is 12.1 Å². The number of fused-ring (bicyclic) bond motifs is 1. The van der Waals surface area contributed by atoms with Crippen LogP contribution in [0, 0.1) is 5.82 Å². The van der Waals surface area contributed by atoms with Crippen LogP contribution in [-0.4, -0.2) is 31.4 Å². The number of halogens is 1. The molecule has 0 bridgehead atoms. The van der Waals surface area contributed by atoms with E-state index in [9.17, 15) is 9.18 Å². The number of ether oxygens (including phenoxy) is 1. The van der Waals surface area contributed by atoms with Crippen LogP contribution in [0.2, 0.25) is 0 Å². The number of methoxy groups -OCH3 is 1. The van der Waals surface area contributed by atoms with Crippen molar-refractivity contribution in [2.24, 2.45) is 0 Å². The molecule has 0 radical (unpaired) electrons. The van der Waals surface area contributed by atoms with E-state index in [0.29, 0.717) is 12.1 Å². The van der Waals surface area contributed by atoms with Gasteiger partial charge in [0.15, 0.2) is 0 Å². The number of rotatable bonds is 3. The monoisotopic (exact) mass is 298 g/mol. The predicted octanol–water partition coefficient (Wildman–Crippen LogP) is 2.02. The van der Waals surface area contributed by atoms with Gasteiger partial charge in [-0.05, 0) is 43.5 Å². The number of benzene rings is 1. The van der Waals surface area contributed by atoms with Crippen molar-refractivity contribution in [2.75, 3.05) is 20.3 Å². The molecule has 0 aromatic heterocycles. The third-order valence-corrected chi connectivity index (χ3v) is 3.16. The van der Waals surface area contributed by atoms with Crippen molar-refractivity contribution in [3.63, 3.8) is 0 Å². The summed E-state index contributed by atoms with van der Waals surface area (Å²) < 4.78 is 18.4. The molecule has 0 atom stereocenters. The minimum atomic E-state index is -0.682. The quantitative estimate of drug-likeness (QED) is 0.590. The van der Waals surface area contributed by atoms with E-state index < -0.39 is 11.7 Å². The largest absolute Gasteiger partial charge is 0.385 e. The summed E-state index contributed by atoms with van der Waals surface area (Å²) in [6.45, 7) is 4.31. The number of nitrogens with one attached hydrogen (secondary N) is 2. The van der Waals surface area contributed by atoms with Crippen LogP contribution in [0.25, 0.3) is 0 Å². The van der Waals surface area contributed by atoms with Gasteiger partial charge in [-0.1, -0.05) is 6.92 Å². The number of hydrogen-bond acceptors (Lipinski definition) is 4. The van der Waals surface area contributed by atoms with Gasteiger partial charge in [-0.2, -0.15) is 0 Å². The Labute approximate surface area is 124 Å². The molecule has 6 heteroatoms. The fraction of sp³-hybridized carbons (Fsp3) is 0.533. The number of hydrogen-bond donors (Lipinski definition) is 3. The zero-order chi connectivity index (χ0) is 15.7. The lowest BCUT2D eigenvalue weighted by Gasteiger charge is -2.09. The lowest BCUT2D eigenvalue weighted by atomic mass is 10.00. The van der Waals surface area contributed by atoms with Gasteiger partial charge in [-0.15, -0.1) is 0 Å². The van der Waals surface area contributed by atoms with Gasteiger partial charge in [0.2, 0.25) is 0 Å². The zero-order valence-corrected chi connectivity index (χ0v) is 12.5. The summed E-state index contributed by atoms with van der Waals surface area (Å²) in [5, 5.41) is 11.6. The van der Waals surface area contributed by atoms with Crippen molar-refractivity contribution in [1.29, 1.82) is 0 Å². The van der Waals surface area contributed by atoms with Crippen molar-refractivity contribution in [1.82, 2.24) is 10.8 Å². The van der Waals surface area contributed by atoms with Crippen molar-refractivity contribution < 1.29 is 19.1 Å². The summed E-state index contributed by atoms with van der Waals surface area (Å²) in [7, 11) is 1.71. The van der Waals surface area contributed by atoms with Crippen LogP contribution in [0.1, 0.15) is 41.3 Å². The zero-order valence-electron chi connectivity index (χ0n) is 12.5. The average molecular weight is 298 g/mol. The minimum absolute atomic E-state index is 0.153. The Hall–Kier alpha value is -1.50. The van der Waals surface area contributed by atoms with Gasteiger partial charge in [-0.3, -0.25) is 10.0 Å². The highest BCUT2D eigenvalue weighted by atomic mass is 19.1. The summed E-state index contributed by atoms with van der Waals surface area (Å²) in [6.07, 6.45) is 2.78. The highest BCUT2D eigenvalue weighted by Gasteiger charge is 2.16. The Balaban J connectivity index is 0.000000383. The second kappa shape index (κ2) is 9.44. The van der Waals surface area contributed by atoms with Crippen LogP contribution in [-0.2, 0) is 17.7 Å². The molecule has 0 saturated carbocycles. The SMILES string of the molecule is CCCOC.O=C(NO)c1cc(F)c2c(c1)CCCNC2. The number of carbonyl (C=O) groups excluding carboxylic acids is 1. The lowest BCUT2D eigenvalue weighted by Crippen LogP contribution is -2.19. The molecule has 21 heavy (non-hydrogen) atoms. The molecule has 0 spiro atoms. The summed E-state index contributed by atoms with van der Waals surface area (Å²) >= 11 is 0. The fourth-order valence-electron chi connectivity index (χ4n) is 2.13. The Morgan fingerprint density at radius 1 is 1.52 bits per heavy atom. The second-order valence-electron chi connectivity index (χ2n) is 4.81. The first kappa shape index (κ1) is 17.6. The maximum atomic E-state index is 13.7. The van der Waals surface area contributed by atoms with Crippen molar-refractivity contribution in [3.05, 3.63) is 34.6 Å². The number of hydroxylamine groups is 1. The predicted molar refractivity (Wildman–Crippen MR) is 77.8 cm³/mol. The molecule has 1 heterocycles. The van der Waals surface area contributed by atoms with Crippen molar-refractivity contribution >= 4 is 5.91 Å². The fourth-order valence-corrected chi connectivity index (χ4v) is 2.13. The van der Waals surface area contributed by atoms with Gasteiger partial charge in [0.05, 0.1) is 0 Å². The molecular weight excluding hydrogens is 275 g/mol. The van der Waals surface area contributed by atoms with E-state index in [0.717, 1.165) is 44.0 Å². The molecule has 3 N–H and O–H groups in total. The molecule has 1 aliphatic rings. The molecule has 1 aliphatic heterocycles. The van der Waals surface area contributed by atoms with Crippen LogP contribution in [0.4, 0.5) is 4.39 Å². The number of carbonyl (C=O) groups is 1. The summed E-state index contributed by atoms with van der Waals surface area (Å²) in [5.74, 6) is -1.08. The Kier molecular flexibility index (Phi) is 7.89. The second-order valence-corrected chi connectivity index (χ2v) is 4.81. The molecule has 0 fully saturated rings. The molecule has 0 saturated heterocycles. The third kappa shape index (κ3) is 5.41. The maximum absolute atomic E-state index is 13.7.